The Bertz CT molecular complexity index is 908. The van der Waals surface area contributed by atoms with Crippen LogP contribution in [0, 0.1) is 0 Å². The van der Waals surface area contributed by atoms with Crippen molar-refractivity contribution in [3.8, 4) is 22.5 Å². The second-order valence-corrected chi connectivity index (χ2v) is 9.41. The van der Waals surface area contributed by atoms with Gasteiger partial charge in [0.1, 0.15) is 0 Å². The lowest BCUT2D eigenvalue weighted by atomic mass is 9.85. The van der Waals surface area contributed by atoms with Gasteiger partial charge in [0.2, 0.25) is 0 Å². The van der Waals surface area contributed by atoms with Crippen molar-refractivity contribution in [3.63, 3.8) is 0 Å². The topological polar surface area (TPSA) is 77.8 Å². The molecular formula is C24H30N4. The number of nitrogen functional groups attached to an aromatic ring is 2. The van der Waals surface area contributed by atoms with Gasteiger partial charge >= 0.3 is 0 Å². The van der Waals surface area contributed by atoms with E-state index in [0.29, 0.717) is 11.4 Å². The summed E-state index contributed by atoms with van der Waals surface area (Å²) in [5.41, 5.74) is 19.7. The van der Waals surface area contributed by atoms with Gasteiger partial charge in [-0.15, -0.1) is 10.2 Å². The van der Waals surface area contributed by atoms with Crippen LogP contribution in [0.2, 0.25) is 0 Å². The Balaban J connectivity index is 2.02. The van der Waals surface area contributed by atoms with E-state index in [0.717, 1.165) is 22.5 Å². The average Bonchev–Trinajstić information content (AvgIpc) is 2.61. The molecule has 0 amide bonds. The van der Waals surface area contributed by atoms with Crippen LogP contribution in [0.3, 0.4) is 0 Å². The van der Waals surface area contributed by atoms with Crippen molar-refractivity contribution in [2.45, 2.75) is 52.4 Å². The molecule has 0 saturated heterocycles. The molecular weight excluding hydrogens is 344 g/mol. The smallest absolute Gasteiger partial charge is 0.0950 e. The van der Waals surface area contributed by atoms with Crippen LogP contribution < -0.4 is 11.5 Å². The molecule has 0 aliphatic carbocycles. The van der Waals surface area contributed by atoms with E-state index in [4.69, 9.17) is 11.5 Å². The summed E-state index contributed by atoms with van der Waals surface area (Å²) < 4.78 is 0. The molecule has 0 radical (unpaired) electrons. The normalized spacial score (nSPS) is 12.2. The van der Waals surface area contributed by atoms with Gasteiger partial charge < -0.3 is 11.5 Å². The molecule has 2 aromatic carbocycles. The van der Waals surface area contributed by atoms with Crippen molar-refractivity contribution in [2.24, 2.45) is 0 Å². The average molecular weight is 375 g/mol. The predicted octanol–water partition coefficient (Wildman–Crippen LogP) is 5.57. The van der Waals surface area contributed by atoms with E-state index >= 15 is 0 Å². The van der Waals surface area contributed by atoms with Gasteiger partial charge in [-0.2, -0.15) is 0 Å². The first-order valence-electron chi connectivity index (χ1n) is 9.61. The number of rotatable bonds is 2. The van der Waals surface area contributed by atoms with Gasteiger partial charge in [0.15, 0.2) is 0 Å². The second kappa shape index (κ2) is 6.93. The molecule has 0 aliphatic rings. The minimum atomic E-state index is 0.0394. The minimum absolute atomic E-state index is 0.0394. The van der Waals surface area contributed by atoms with Crippen LogP contribution in [-0.4, -0.2) is 10.2 Å². The molecule has 0 fully saturated rings. The summed E-state index contributed by atoms with van der Waals surface area (Å²) in [6.07, 6.45) is 0. The summed E-state index contributed by atoms with van der Waals surface area (Å²) in [4.78, 5) is 0. The third kappa shape index (κ3) is 4.01. The van der Waals surface area contributed by atoms with Crippen LogP contribution in [0.5, 0.6) is 0 Å². The fourth-order valence-corrected chi connectivity index (χ4v) is 3.11. The molecule has 1 aromatic heterocycles. The number of aromatic nitrogens is 2. The number of anilines is 2. The van der Waals surface area contributed by atoms with Gasteiger partial charge in [-0.05, 0) is 58.4 Å². The van der Waals surface area contributed by atoms with Crippen LogP contribution >= 0.6 is 0 Å². The number of nitrogens with zero attached hydrogens (tertiary/aromatic N) is 2. The third-order valence-electron chi connectivity index (χ3n) is 5.06. The number of hydrogen-bond donors (Lipinski definition) is 2. The maximum Gasteiger partial charge on any atom is 0.0950 e. The standard InChI is InChI=1S/C24H30N4/c1-23(2,3)15-7-9-19(25)17(13-15)21-11-12-22(28-27-21)18-14-16(24(4,5)6)8-10-20(18)26/h7-14H,25-26H2,1-6H3. The van der Waals surface area contributed by atoms with Crippen LogP contribution in [0.25, 0.3) is 22.5 Å². The fourth-order valence-electron chi connectivity index (χ4n) is 3.11. The van der Waals surface area contributed by atoms with E-state index < -0.39 is 0 Å². The molecule has 4 nitrogen and oxygen atoms in total. The molecule has 28 heavy (non-hydrogen) atoms. The van der Waals surface area contributed by atoms with Gasteiger partial charge in [0.25, 0.3) is 0 Å². The van der Waals surface area contributed by atoms with Crippen LogP contribution in [-0.2, 0) is 10.8 Å². The summed E-state index contributed by atoms with van der Waals surface area (Å²) in [5.74, 6) is 0. The second-order valence-electron chi connectivity index (χ2n) is 9.41. The molecule has 0 unspecified atom stereocenters. The lowest BCUT2D eigenvalue weighted by Crippen LogP contribution is -2.12. The van der Waals surface area contributed by atoms with Crippen LogP contribution in [0.1, 0.15) is 52.7 Å². The molecule has 1 heterocycles. The fraction of sp³-hybridized carbons (Fsp3) is 0.333. The van der Waals surface area contributed by atoms with Gasteiger partial charge in [-0.1, -0.05) is 53.7 Å². The SMILES string of the molecule is CC(C)(C)c1ccc(N)c(-c2ccc(-c3cc(C(C)(C)C)ccc3N)nn2)c1. The first-order chi connectivity index (χ1) is 13.0. The quantitative estimate of drug-likeness (QED) is 0.575. The van der Waals surface area contributed by atoms with Crippen molar-refractivity contribution in [2.75, 3.05) is 11.5 Å². The van der Waals surface area contributed by atoms with Crippen molar-refractivity contribution in [1.82, 2.24) is 10.2 Å². The van der Waals surface area contributed by atoms with Crippen molar-refractivity contribution >= 4 is 11.4 Å². The third-order valence-corrected chi connectivity index (χ3v) is 5.06. The summed E-state index contributed by atoms with van der Waals surface area (Å²) >= 11 is 0. The molecule has 3 rings (SSSR count). The Morgan fingerprint density at radius 1 is 0.571 bits per heavy atom. The van der Waals surface area contributed by atoms with E-state index in [-0.39, 0.29) is 10.8 Å². The molecule has 0 saturated carbocycles. The van der Waals surface area contributed by atoms with Crippen molar-refractivity contribution < 1.29 is 0 Å². The lowest BCUT2D eigenvalue weighted by molar-refractivity contribution is 0.590. The van der Waals surface area contributed by atoms with Crippen molar-refractivity contribution in [3.05, 3.63) is 59.7 Å². The Kier molecular flexibility index (Phi) is 4.92. The summed E-state index contributed by atoms with van der Waals surface area (Å²) in [7, 11) is 0. The molecule has 4 heteroatoms. The van der Waals surface area contributed by atoms with E-state index in [2.05, 4.69) is 76.0 Å². The Labute approximate surface area is 168 Å². The van der Waals surface area contributed by atoms with E-state index in [1.807, 2.05) is 24.3 Å². The Hall–Kier alpha value is -2.88. The molecule has 146 valence electrons. The number of hydrogen-bond acceptors (Lipinski definition) is 4. The van der Waals surface area contributed by atoms with E-state index in [1.165, 1.54) is 11.1 Å². The summed E-state index contributed by atoms with van der Waals surface area (Å²) in [6, 6.07) is 16.2. The maximum atomic E-state index is 6.22. The highest BCUT2D eigenvalue weighted by Crippen LogP contribution is 2.33. The Morgan fingerprint density at radius 3 is 1.21 bits per heavy atom. The van der Waals surface area contributed by atoms with Gasteiger partial charge in [-0.3, -0.25) is 0 Å². The minimum Gasteiger partial charge on any atom is -0.398 e. The number of benzene rings is 2. The molecule has 0 bridgehead atoms. The monoisotopic (exact) mass is 374 g/mol. The molecule has 0 aliphatic heterocycles. The maximum absolute atomic E-state index is 6.22. The van der Waals surface area contributed by atoms with Crippen LogP contribution in [0.4, 0.5) is 11.4 Å². The zero-order valence-corrected chi connectivity index (χ0v) is 17.7. The summed E-state index contributed by atoms with van der Waals surface area (Å²) in [6.45, 7) is 13.1. The van der Waals surface area contributed by atoms with Crippen LogP contribution in [0.15, 0.2) is 48.5 Å². The Morgan fingerprint density at radius 2 is 0.929 bits per heavy atom. The number of nitrogens with two attached hydrogens (primary N) is 2. The lowest BCUT2D eigenvalue weighted by Gasteiger charge is -2.21. The first-order valence-corrected chi connectivity index (χ1v) is 9.61. The highest BCUT2D eigenvalue weighted by molar-refractivity contribution is 5.78. The van der Waals surface area contributed by atoms with E-state index in [9.17, 15) is 0 Å². The van der Waals surface area contributed by atoms with Gasteiger partial charge in [0, 0.05) is 22.5 Å². The highest BCUT2D eigenvalue weighted by atomic mass is 15.1. The molecule has 4 N–H and O–H groups in total. The zero-order chi connectivity index (χ0) is 20.7. The first kappa shape index (κ1) is 19.9. The summed E-state index contributed by atoms with van der Waals surface area (Å²) in [5, 5.41) is 8.91. The zero-order valence-electron chi connectivity index (χ0n) is 17.7. The van der Waals surface area contributed by atoms with Gasteiger partial charge in [-0.25, -0.2) is 0 Å². The molecule has 0 spiro atoms. The van der Waals surface area contributed by atoms with E-state index in [1.54, 1.807) is 0 Å². The van der Waals surface area contributed by atoms with Crippen molar-refractivity contribution in [1.29, 1.82) is 0 Å². The molecule has 0 atom stereocenters. The highest BCUT2D eigenvalue weighted by Gasteiger charge is 2.18. The van der Waals surface area contributed by atoms with Gasteiger partial charge in [0.05, 0.1) is 11.4 Å². The largest absolute Gasteiger partial charge is 0.398 e. The molecule has 3 aromatic rings. The predicted molar refractivity (Wildman–Crippen MR) is 119 cm³/mol.